The highest BCUT2D eigenvalue weighted by Gasteiger charge is 2.65. The van der Waals surface area contributed by atoms with E-state index in [1.54, 1.807) is 0 Å². The number of benzene rings is 1. The molecular formula is C9H10F5NS. The van der Waals surface area contributed by atoms with Crippen LogP contribution in [0.1, 0.15) is 18.4 Å². The highest BCUT2D eigenvalue weighted by Crippen LogP contribution is 3.02. The second-order valence-corrected chi connectivity index (χ2v) is 6.56. The van der Waals surface area contributed by atoms with Gasteiger partial charge in [-0.15, -0.1) is 0 Å². The van der Waals surface area contributed by atoms with Crippen molar-refractivity contribution >= 4 is 10.2 Å². The number of nitrogens with two attached hydrogens (primary N) is 1. The Hall–Kier alpha value is -0.820. The summed E-state index contributed by atoms with van der Waals surface area (Å²) in [6.07, 6.45) is 1.34. The molecule has 2 N–H and O–H groups in total. The van der Waals surface area contributed by atoms with E-state index in [-0.39, 0.29) is 0 Å². The maximum atomic E-state index is 12.4. The minimum absolute atomic E-state index is 0.407. The molecule has 1 nitrogen and oxygen atoms in total. The fourth-order valence-corrected chi connectivity index (χ4v) is 2.12. The highest BCUT2D eigenvalue weighted by molar-refractivity contribution is 8.45. The molecule has 0 heterocycles. The van der Waals surface area contributed by atoms with Crippen molar-refractivity contribution in [3.8, 4) is 0 Å². The van der Waals surface area contributed by atoms with Crippen LogP contribution in [-0.2, 0) is 5.54 Å². The Bertz CT molecular complexity index is 430. The normalized spacial score (nSPS) is 23.4. The van der Waals surface area contributed by atoms with Crippen LogP contribution < -0.4 is 5.73 Å². The average Bonchev–Trinajstić information content (AvgIpc) is 2.82. The van der Waals surface area contributed by atoms with Gasteiger partial charge in [0.25, 0.3) is 0 Å². The molecule has 2 rings (SSSR count). The summed E-state index contributed by atoms with van der Waals surface area (Å²) in [6.45, 7) is 0. The van der Waals surface area contributed by atoms with Crippen LogP contribution in [0.2, 0.25) is 0 Å². The maximum absolute atomic E-state index is 12.4. The lowest BCUT2D eigenvalue weighted by molar-refractivity contribution is 0.364. The summed E-state index contributed by atoms with van der Waals surface area (Å²) >= 11 is 0. The van der Waals surface area contributed by atoms with Gasteiger partial charge in [-0.05, 0) is 30.5 Å². The molecule has 0 unspecified atom stereocenters. The fourth-order valence-electron chi connectivity index (χ4n) is 1.47. The van der Waals surface area contributed by atoms with Gasteiger partial charge in [-0.2, -0.15) is 0 Å². The Kier molecular flexibility index (Phi) is 1.73. The Morgan fingerprint density at radius 3 is 1.69 bits per heavy atom. The van der Waals surface area contributed by atoms with Crippen LogP contribution in [-0.4, -0.2) is 0 Å². The molecule has 0 aromatic heterocycles. The molecule has 1 aliphatic rings. The van der Waals surface area contributed by atoms with Gasteiger partial charge in [0, 0.05) is 5.54 Å². The summed E-state index contributed by atoms with van der Waals surface area (Å²) < 4.78 is 61.8. The summed E-state index contributed by atoms with van der Waals surface area (Å²) in [5.41, 5.74) is 5.59. The van der Waals surface area contributed by atoms with E-state index < -0.39 is 20.7 Å². The first-order valence-corrected chi connectivity index (χ1v) is 6.49. The molecular weight excluding hydrogens is 249 g/mol. The van der Waals surface area contributed by atoms with Crippen molar-refractivity contribution in [3.63, 3.8) is 0 Å². The quantitative estimate of drug-likeness (QED) is 0.788. The van der Waals surface area contributed by atoms with Gasteiger partial charge in [0.05, 0.1) is 0 Å². The zero-order chi connectivity index (χ0) is 12.3. The number of rotatable bonds is 2. The SMILES string of the molecule is NC1(c2ccc(S(F)(F)(F)(F)F)cc2)CC1. The van der Waals surface area contributed by atoms with Gasteiger partial charge in [0.15, 0.2) is 0 Å². The van der Waals surface area contributed by atoms with Gasteiger partial charge in [-0.3, -0.25) is 0 Å². The van der Waals surface area contributed by atoms with Gasteiger partial charge in [0.2, 0.25) is 0 Å². The van der Waals surface area contributed by atoms with Gasteiger partial charge >= 0.3 is 10.2 Å². The molecule has 1 aromatic rings. The van der Waals surface area contributed by atoms with Crippen LogP contribution in [0.3, 0.4) is 0 Å². The summed E-state index contributed by atoms with van der Waals surface area (Å²) in [7, 11) is -9.54. The third kappa shape index (κ3) is 2.15. The van der Waals surface area contributed by atoms with E-state index in [4.69, 9.17) is 5.73 Å². The minimum Gasteiger partial charge on any atom is -0.321 e. The molecule has 1 fully saturated rings. The molecule has 1 aliphatic carbocycles. The Labute approximate surface area is 89.2 Å². The summed E-state index contributed by atoms with van der Waals surface area (Å²) in [5.74, 6) is 0. The van der Waals surface area contributed by atoms with Crippen LogP contribution in [0.25, 0.3) is 0 Å². The van der Waals surface area contributed by atoms with Crippen molar-refractivity contribution in [3.05, 3.63) is 29.8 Å². The molecule has 7 heteroatoms. The van der Waals surface area contributed by atoms with Gasteiger partial charge in [-0.1, -0.05) is 31.6 Å². The number of halogens is 5. The molecule has 0 bridgehead atoms. The van der Waals surface area contributed by atoms with Crippen molar-refractivity contribution in [1.29, 1.82) is 0 Å². The lowest BCUT2D eigenvalue weighted by Gasteiger charge is -2.40. The van der Waals surface area contributed by atoms with Crippen LogP contribution >= 0.6 is 10.2 Å². The summed E-state index contributed by atoms with van der Waals surface area (Å²) in [5, 5.41) is 0. The molecule has 1 saturated carbocycles. The zero-order valence-corrected chi connectivity index (χ0v) is 8.92. The molecule has 0 saturated heterocycles. The van der Waals surface area contributed by atoms with Crippen molar-refractivity contribution in [2.45, 2.75) is 23.3 Å². The summed E-state index contributed by atoms with van der Waals surface area (Å²) in [4.78, 5) is -1.87. The maximum Gasteiger partial charge on any atom is 0.310 e. The molecule has 0 radical (unpaired) electrons. The van der Waals surface area contributed by atoms with E-state index in [0.717, 1.165) is 12.1 Å². The molecule has 0 aliphatic heterocycles. The fraction of sp³-hybridized carbons (Fsp3) is 0.333. The molecule has 0 atom stereocenters. The van der Waals surface area contributed by atoms with Crippen LogP contribution in [0.4, 0.5) is 19.4 Å². The summed E-state index contributed by atoms with van der Waals surface area (Å²) in [6, 6.07) is 2.87. The highest BCUT2D eigenvalue weighted by atomic mass is 32.5. The predicted molar refractivity (Wildman–Crippen MR) is 52.9 cm³/mol. The van der Waals surface area contributed by atoms with Crippen LogP contribution in [0.5, 0.6) is 0 Å². The number of hydrogen-bond donors (Lipinski definition) is 1. The first-order valence-electron chi connectivity index (χ1n) is 4.54. The van der Waals surface area contributed by atoms with Gasteiger partial charge < -0.3 is 5.73 Å². The second kappa shape index (κ2) is 2.38. The molecule has 0 amide bonds. The molecule has 92 valence electrons. The third-order valence-corrected chi connectivity index (χ3v) is 3.83. The standard InChI is InChI=1S/C9H10F5NS/c10-16(11,12,13,14)8-3-1-7(2-4-8)9(15)5-6-9/h1-4H,5-6,15H2. The Balaban J connectivity index is 2.42. The van der Waals surface area contributed by atoms with E-state index >= 15 is 0 Å². The topological polar surface area (TPSA) is 26.0 Å². The van der Waals surface area contributed by atoms with E-state index in [9.17, 15) is 19.4 Å². The number of hydrogen-bond acceptors (Lipinski definition) is 1. The van der Waals surface area contributed by atoms with E-state index in [1.165, 1.54) is 0 Å². The molecule has 0 spiro atoms. The van der Waals surface area contributed by atoms with Crippen LogP contribution in [0.15, 0.2) is 29.2 Å². The first-order chi connectivity index (χ1) is 6.91. The lowest BCUT2D eigenvalue weighted by Crippen LogP contribution is -2.18. The monoisotopic (exact) mass is 259 g/mol. The van der Waals surface area contributed by atoms with E-state index in [1.807, 2.05) is 0 Å². The van der Waals surface area contributed by atoms with E-state index in [2.05, 4.69) is 0 Å². The second-order valence-electron chi connectivity index (χ2n) is 4.15. The molecule has 16 heavy (non-hydrogen) atoms. The largest absolute Gasteiger partial charge is 0.321 e. The van der Waals surface area contributed by atoms with Gasteiger partial charge in [-0.25, -0.2) is 0 Å². The third-order valence-electron chi connectivity index (χ3n) is 2.66. The van der Waals surface area contributed by atoms with Gasteiger partial charge in [0.1, 0.15) is 4.90 Å². The predicted octanol–water partition coefficient (Wildman–Crippen LogP) is 4.29. The lowest BCUT2D eigenvalue weighted by atomic mass is 10.1. The van der Waals surface area contributed by atoms with Crippen molar-refractivity contribution in [1.82, 2.24) is 0 Å². The minimum atomic E-state index is -9.54. The van der Waals surface area contributed by atoms with Crippen molar-refractivity contribution in [2.75, 3.05) is 0 Å². The first kappa shape index (κ1) is 11.7. The average molecular weight is 259 g/mol. The van der Waals surface area contributed by atoms with Crippen LogP contribution in [0, 0.1) is 0 Å². The Morgan fingerprint density at radius 1 is 0.938 bits per heavy atom. The smallest absolute Gasteiger partial charge is 0.310 e. The van der Waals surface area contributed by atoms with Crippen molar-refractivity contribution in [2.24, 2.45) is 5.73 Å². The Morgan fingerprint density at radius 2 is 1.38 bits per heavy atom. The van der Waals surface area contributed by atoms with Crippen molar-refractivity contribution < 1.29 is 19.4 Å². The molecule has 1 aromatic carbocycles. The zero-order valence-electron chi connectivity index (χ0n) is 8.10. The van der Waals surface area contributed by atoms with E-state index in [0.29, 0.717) is 30.5 Å².